The first-order chi connectivity index (χ1) is 22.7. The molecule has 0 saturated heterocycles. The van der Waals surface area contributed by atoms with Crippen LogP contribution >= 0.6 is 0 Å². The first-order valence-electron chi connectivity index (χ1n) is 15.8. The van der Waals surface area contributed by atoms with Gasteiger partial charge in [0, 0.05) is 0 Å². The van der Waals surface area contributed by atoms with Crippen molar-refractivity contribution in [1.82, 2.24) is 41.2 Å². The zero-order chi connectivity index (χ0) is 34.9. The van der Waals surface area contributed by atoms with E-state index in [4.69, 9.17) is 17.7 Å². The molecule has 4 amide bonds. The predicted octanol–water partition coefficient (Wildman–Crippen LogP) is 4.46. The van der Waals surface area contributed by atoms with Crippen molar-refractivity contribution in [1.29, 1.82) is 0 Å². The molecule has 48 heavy (non-hydrogen) atoms. The van der Waals surface area contributed by atoms with Crippen LogP contribution in [0.2, 0.25) is 0 Å². The number of hydrogen-bond acceptors (Lipinski definition) is 12. The van der Waals surface area contributed by atoms with Crippen LogP contribution < -0.4 is 21.3 Å². The van der Waals surface area contributed by atoms with Gasteiger partial charge in [-0.25, -0.2) is 19.9 Å². The number of nitrogens with one attached hydrogen (secondary N) is 4. The maximum absolute atomic E-state index is 13.3. The summed E-state index contributed by atoms with van der Waals surface area (Å²) in [6, 6.07) is -2.91. The van der Waals surface area contributed by atoms with Crippen LogP contribution in [-0.2, 0) is 0 Å². The van der Waals surface area contributed by atoms with Crippen molar-refractivity contribution in [2.75, 3.05) is 0 Å². The van der Waals surface area contributed by atoms with Crippen LogP contribution in [0, 0.1) is 23.7 Å². The second kappa shape index (κ2) is 13.8. The quantitative estimate of drug-likeness (QED) is 0.238. The minimum Gasteiger partial charge on any atom is -0.446 e. The van der Waals surface area contributed by atoms with Crippen molar-refractivity contribution in [2.24, 2.45) is 23.7 Å². The van der Waals surface area contributed by atoms with Crippen molar-refractivity contribution in [3.05, 3.63) is 71.4 Å². The third kappa shape index (κ3) is 7.16. The van der Waals surface area contributed by atoms with Gasteiger partial charge in [0.15, 0.2) is 22.8 Å². The molecule has 0 saturated carbocycles. The Labute approximate surface area is 276 Å². The zero-order valence-corrected chi connectivity index (χ0v) is 28.0. The summed E-state index contributed by atoms with van der Waals surface area (Å²) in [5, 5.41) is 11.4. The van der Waals surface area contributed by atoms with Crippen LogP contribution in [0.15, 0.2) is 42.7 Å². The van der Waals surface area contributed by atoms with E-state index in [0.29, 0.717) is 0 Å². The highest BCUT2D eigenvalue weighted by Gasteiger charge is 2.33. The molecule has 0 unspecified atom stereocenters. The minimum atomic E-state index is -0.727. The Bertz CT molecular complexity index is 1520. The molecule has 16 nitrogen and oxygen atoms in total. The standard InChI is InChI=1S/C32H40N8O8/c1-13(2)21-29-33-18(9-45-29)26(42)38-23(15(5)6)31-35-20(11-47-31)28(44)40-24(16(7)8)32-36-19(12-48-32)27(43)39-22(14(3)4)30-34-17(10-46-30)25(41)37-21/h9-16,21-24H,1-8H3,(H,37,41)(H,38,42)(H,39,43)(H,40,44)/t21-,22-,23-,24-/m0/s1. The SMILES string of the molecule is CC(C)[C@@H]1NC(=O)c2coc(n2)[C@H](C(C)C)NC(=O)c2coc(n2)[C@H](C(C)C)NC(=O)c2coc(n2)[C@H](C(C)C)NC(=O)c2coc1n2. The molecule has 0 aliphatic carbocycles. The van der Waals surface area contributed by atoms with Crippen LogP contribution in [0.25, 0.3) is 0 Å². The van der Waals surface area contributed by atoms with Gasteiger partial charge in [0.2, 0.25) is 23.6 Å². The summed E-state index contributed by atoms with van der Waals surface area (Å²) in [7, 11) is 0. The van der Waals surface area contributed by atoms with Crippen LogP contribution in [0.4, 0.5) is 0 Å². The van der Waals surface area contributed by atoms with E-state index in [1.165, 1.54) is 25.1 Å². The van der Waals surface area contributed by atoms with Crippen molar-refractivity contribution < 1.29 is 36.8 Å². The number of carbonyl (C=O) groups is 4. The van der Waals surface area contributed by atoms with E-state index in [1.54, 1.807) is 0 Å². The van der Waals surface area contributed by atoms with Gasteiger partial charge in [0.1, 0.15) is 49.2 Å². The number of rotatable bonds is 4. The lowest BCUT2D eigenvalue weighted by atomic mass is 10.0. The molecule has 0 spiro atoms. The molecule has 1 aliphatic rings. The normalized spacial score (nSPS) is 21.2. The maximum atomic E-state index is 13.3. The lowest BCUT2D eigenvalue weighted by Crippen LogP contribution is -2.34. The molecule has 5 heterocycles. The molecule has 8 bridgehead atoms. The first kappa shape index (κ1) is 34.1. The average molecular weight is 665 g/mol. The Morgan fingerprint density at radius 1 is 0.417 bits per heavy atom. The zero-order valence-electron chi connectivity index (χ0n) is 28.0. The van der Waals surface area contributed by atoms with E-state index < -0.39 is 47.8 Å². The van der Waals surface area contributed by atoms with Gasteiger partial charge in [-0.05, 0) is 23.7 Å². The van der Waals surface area contributed by atoms with Gasteiger partial charge in [0.25, 0.3) is 23.6 Å². The Morgan fingerprint density at radius 3 is 0.771 bits per heavy atom. The molecule has 256 valence electrons. The van der Waals surface area contributed by atoms with Crippen molar-refractivity contribution in [2.45, 2.75) is 79.6 Å². The van der Waals surface area contributed by atoms with E-state index in [1.807, 2.05) is 55.4 Å². The number of nitrogens with zero attached hydrogens (tertiary/aromatic N) is 4. The van der Waals surface area contributed by atoms with Crippen LogP contribution in [0.1, 0.15) is 145 Å². The highest BCUT2D eigenvalue weighted by Crippen LogP contribution is 2.27. The number of aromatic nitrogens is 4. The van der Waals surface area contributed by atoms with E-state index in [0.717, 1.165) is 0 Å². The molecule has 4 aromatic heterocycles. The number of carbonyl (C=O) groups excluding carboxylic acids is 4. The van der Waals surface area contributed by atoms with Crippen molar-refractivity contribution >= 4 is 23.6 Å². The molecular formula is C32H40N8O8. The maximum Gasteiger partial charge on any atom is 0.273 e. The summed E-state index contributed by atoms with van der Waals surface area (Å²) in [5.74, 6) is -2.63. The van der Waals surface area contributed by atoms with Gasteiger partial charge >= 0.3 is 0 Å². The number of hydrogen-bond donors (Lipinski definition) is 4. The fraction of sp³-hybridized carbons (Fsp3) is 0.500. The summed E-state index contributed by atoms with van der Waals surface area (Å²) >= 11 is 0. The Kier molecular flexibility index (Phi) is 9.82. The molecule has 4 N–H and O–H groups in total. The summed E-state index contributed by atoms with van der Waals surface area (Å²) in [5.41, 5.74) is -0.115. The smallest absolute Gasteiger partial charge is 0.273 e. The number of oxazole rings is 4. The Hall–Kier alpha value is -5.28. The second-order valence-electron chi connectivity index (χ2n) is 13.1. The predicted molar refractivity (Wildman–Crippen MR) is 166 cm³/mol. The van der Waals surface area contributed by atoms with Gasteiger partial charge in [0.05, 0.1) is 0 Å². The summed E-state index contributed by atoms with van der Waals surface area (Å²) in [6.45, 7) is 14.8. The molecule has 0 radical (unpaired) electrons. The third-order valence-electron chi connectivity index (χ3n) is 7.90. The highest BCUT2D eigenvalue weighted by atomic mass is 16.4. The van der Waals surface area contributed by atoms with E-state index in [-0.39, 0.29) is 70.0 Å². The van der Waals surface area contributed by atoms with Crippen molar-refractivity contribution in [3.63, 3.8) is 0 Å². The summed E-state index contributed by atoms with van der Waals surface area (Å²) < 4.78 is 22.6. The lowest BCUT2D eigenvalue weighted by Gasteiger charge is -2.20. The first-order valence-corrected chi connectivity index (χ1v) is 15.8. The summed E-state index contributed by atoms with van der Waals surface area (Å²) in [4.78, 5) is 70.7. The van der Waals surface area contributed by atoms with Gasteiger partial charge < -0.3 is 38.9 Å². The molecule has 4 aromatic rings. The number of amides is 4. The van der Waals surface area contributed by atoms with Crippen LogP contribution in [0.3, 0.4) is 0 Å². The largest absolute Gasteiger partial charge is 0.446 e. The van der Waals surface area contributed by atoms with Crippen LogP contribution in [-0.4, -0.2) is 43.6 Å². The average Bonchev–Trinajstić information content (AvgIpc) is 3.85. The Balaban J connectivity index is 1.53. The van der Waals surface area contributed by atoms with E-state index in [2.05, 4.69) is 41.2 Å². The van der Waals surface area contributed by atoms with Gasteiger partial charge in [-0.1, -0.05) is 55.4 Å². The van der Waals surface area contributed by atoms with Gasteiger partial charge in [-0.2, -0.15) is 0 Å². The third-order valence-corrected chi connectivity index (χ3v) is 7.90. The van der Waals surface area contributed by atoms with Gasteiger partial charge in [-0.15, -0.1) is 0 Å². The van der Waals surface area contributed by atoms with Crippen LogP contribution in [0.5, 0.6) is 0 Å². The monoisotopic (exact) mass is 664 g/mol. The minimum absolute atomic E-state index is 0.0288. The molecule has 4 atom stereocenters. The molecule has 0 aromatic carbocycles. The van der Waals surface area contributed by atoms with E-state index in [9.17, 15) is 19.2 Å². The topological polar surface area (TPSA) is 221 Å². The fourth-order valence-electron chi connectivity index (χ4n) is 5.05. The summed E-state index contributed by atoms with van der Waals surface area (Å²) in [6.07, 6.45) is 4.79. The second-order valence-corrected chi connectivity index (χ2v) is 13.1. The lowest BCUT2D eigenvalue weighted by molar-refractivity contribution is 0.0904. The van der Waals surface area contributed by atoms with Gasteiger partial charge in [-0.3, -0.25) is 19.2 Å². The molecular weight excluding hydrogens is 624 g/mol. The molecule has 0 fully saturated rings. The molecule has 16 heteroatoms. The fourth-order valence-corrected chi connectivity index (χ4v) is 5.05. The molecule has 5 rings (SSSR count). The Morgan fingerprint density at radius 2 is 0.604 bits per heavy atom. The number of fused-ring (bicyclic) bond motifs is 8. The van der Waals surface area contributed by atoms with Crippen molar-refractivity contribution in [3.8, 4) is 0 Å². The van der Waals surface area contributed by atoms with E-state index >= 15 is 0 Å². The molecule has 1 aliphatic heterocycles. The highest BCUT2D eigenvalue weighted by molar-refractivity contribution is 5.94.